The largest absolute Gasteiger partial charge is 0.418 e. The van der Waals surface area contributed by atoms with Crippen molar-refractivity contribution in [3.63, 3.8) is 0 Å². The molecule has 2 rings (SSSR count). The van der Waals surface area contributed by atoms with E-state index < -0.39 is 30.0 Å². The number of carbonyl (C=O) groups excluding carboxylic acids is 1. The molecule has 1 atom stereocenters. The van der Waals surface area contributed by atoms with Gasteiger partial charge in [-0.05, 0) is 32.9 Å². The molecule has 5 nitrogen and oxygen atoms in total. The number of carbonyl (C=O) groups is 1. The first-order valence-electron chi connectivity index (χ1n) is 6.75. The van der Waals surface area contributed by atoms with Gasteiger partial charge in [-0.3, -0.25) is 4.98 Å². The van der Waals surface area contributed by atoms with Gasteiger partial charge in [0.25, 0.3) is 0 Å². The highest BCUT2D eigenvalue weighted by Gasteiger charge is 2.58. The lowest BCUT2D eigenvalue weighted by atomic mass is 9.97. The lowest BCUT2D eigenvalue weighted by Crippen LogP contribution is -2.65. The third-order valence-corrected chi connectivity index (χ3v) is 3.37. The van der Waals surface area contributed by atoms with E-state index >= 15 is 0 Å². The van der Waals surface area contributed by atoms with Crippen LogP contribution in [0, 0.1) is 0 Å². The number of nitrogens with one attached hydrogen (secondary N) is 1. The summed E-state index contributed by atoms with van der Waals surface area (Å²) >= 11 is 0. The molecular weight excluding hydrogens is 299 g/mol. The minimum atomic E-state index is -4.57. The molecule has 1 aliphatic heterocycles. The summed E-state index contributed by atoms with van der Waals surface area (Å²) < 4.78 is 44.9. The van der Waals surface area contributed by atoms with E-state index in [-0.39, 0.29) is 6.54 Å². The highest BCUT2D eigenvalue weighted by atomic mass is 19.4. The van der Waals surface area contributed by atoms with Crippen molar-refractivity contribution in [3.05, 3.63) is 24.5 Å². The normalized spacial score (nSPS) is 24.9. The number of amides is 2. The molecule has 1 saturated heterocycles. The molecule has 0 aliphatic carbocycles. The number of pyridine rings is 1. The third kappa shape index (κ3) is 3.49. The number of urea groups is 1. The van der Waals surface area contributed by atoms with Crippen molar-refractivity contribution in [1.82, 2.24) is 9.88 Å². The Morgan fingerprint density at radius 2 is 2.05 bits per heavy atom. The molecule has 122 valence electrons. The number of rotatable bonds is 1. The lowest BCUT2D eigenvalue weighted by Gasteiger charge is -2.48. The van der Waals surface area contributed by atoms with Gasteiger partial charge in [-0.1, -0.05) is 0 Å². The van der Waals surface area contributed by atoms with Crippen molar-refractivity contribution in [2.75, 3.05) is 18.4 Å². The van der Waals surface area contributed by atoms with Gasteiger partial charge in [0, 0.05) is 6.20 Å². The number of aromatic nitrogens is 1. The molecule has 0 saturated carbocycles. The lowest BCUT2D eigenvalue weighted by molar-refractivity contribution is -0.318. The minimum absolute atomic E-state index is 0.0603. The Labute approximate surface area is 126 Å². The van der Waals surface area contributed by atoms with Crippen LogP contribution in [0.1, 0.15) is 20.8 Å². The Morgan fingerprint density at radius 3 is 2.59 bits per heavy atom. The Morgan fingerprint density at radius 1 is 1.36 bits per heavy atom. The van der Waals surface area contributed by atoms with Crippen molar-refractivity contribution in [2.24, 2.45) is 0 Å². The van der Waals surface area contributed by atoms with E-state index in [9.17, 15) is 18.0 Å². The highest BCUT2D eigenvalue weighted by Crippen LogP contribution is 2.40. The number of ether oxygens (including phenoxy) is 1. The fourth-order valence-electron chi connectivity index (χ4n) is 2.48. The zero-order valence-electron chi connectivity index (χ0n) is 12.6. The number of halogens is 3. The van der Waals surface area contributed by atoms with E-state index in [1.165, 1.54) is 26.2 Å². The second-order valence-electron chi connectivity index (χ2n) is 6.12. The molecule has 8 heteroatoms. The van der Waals surface area contributed by atoms with Crippen LogP contribution in [-0.4, -0.2) is 46.4 Å². The number of hydrogen-bond donors (Lipinski definition) is 1. The van der Waals surface area contributed by atoms with E-state index in [1.807, 2.05) is 0 Å². The van der Waals surface area contributed by atoms with E-state index in [4.69, 9.17) is 4.74 Å². The Kier molecular flexibility index (Phi) is 4.08. The second kappa shape index (κ2) is 5.42. The summed E-state index contributed by atoms with van der Waals surface area (Å²) in [7, 11) is 0. The van der Waals surface area contributed by atoms with Crippen LogP contribution in [0.25, 0.3) is 0 Å². The summed E-state index contributed by atoms with van der Waals surface area (Å²) in [6, 6.07) is 2.62. The fourth-order valence-corrected chi connectivity index (χ4v) is 2.48. The predicted octanol–water partition coefficient (Wildman–Crippen LogP) is 3.05. The quantitative estimate of drug-likeness (QED) is 0.866. The van der Waals surface area contributed by atoms with Gasteiger partial charge in [-0.15, -0.1) is 0 Å². The standard InChI is InChI=1S/C14H18F3N3O2/c1-12(2)8-20(9-13(3,22-12)14(15,16)17)11(21)19-10-5-4-6-18-7-10/h4-7H,8-9H2,1-3H3,(H,19,21). The summed E-state index contributed by atoms with van der Waals surface area (Å²) in [5.41, 5.74) is -3.08. The van der Waals surface area contributed by atoms with Crippen LogP contribution in [0.3, 0.4) is 0 Å². The van der Waals surface area contributed by atoms with Crippen molar-refractivity contribution >= 4 is 11.7 Å². The smallest absolute Gasteiger partial charge is 0.356 e. The topological polar surface area (TPSA) is 54.5 Å². The molecule has 1 aliphatic rings. The second-order valence-corrected chi connectivity index (χ2v) is 6.12. The first-order valence-corrected chi connectivity index (χ1v) is 6.75. The van der Waals surface area contributed by atoms with Crippen LogP contribution in [0.4, 0.5) is 23.7 Å². The maximum absolute atomic E-state index is 13.2. The number of anilines is 1. The van der Waals surface area contributed by atoms with Crippen LogP contribution in [-0.2, 0) is 4.74 Å². The van der Waals surface area contributed by atoms with Crippen LogP contribution < -0.4 is 5.32 Å². The van der Waals surface area contributed by atoms with E-state index in [1.54, 1.807) is 12.1 Å². The molecule has 0 radical (unpaired) electrons. The van der Waals surface area contributed by atoms with Crippen molar-refractivity contribution in [3.8, 4) is 0 Å². The molecule has 1 fully saturated rings. The van der Waals surface area contributed by atoms with E-state index in [0.717, 1.165) is 11.8 Å². The summed E-state index contributed by atoms with van der Waals surface area (Å²) in [4.78, 5) is 17.2. The highest BCUT2D eigenvalue weighted by molar-refractivity contribution is 5.89. The third-order valence-electron chi connectivity index (χ3n) is 3.37. The van der Waals surface area contributed by atoms with Crippen LogP contribution >= 0.6 is 0 Å². The monoisotopic (exact) mass is 317 g/mol. The van der Waals surface area contributed by atoms with Crippen LogP contribution in [0.15, 0.2) is 24.5 Å². The number of hydrogen-bond acceptors (Lipinski definition) is 3. The average Bonchev–Trinajstić information content (AvgIpc) is 2.36. The van der Waals surface area contributed by atoms with Crippen LogP contribution in [0.5, 0.6) is 0 Å². The molecule has 0 aromatic carbocycles. The Bertz CT molecular complexity index is 548. The summed E-state index contributed by atoms with van der Waals surface area (Å²) in [5, 5.41) is 2.54. The zero-order valence-corrected chi connectivity index (χ0v) is 12.6. The molecule has 0 bridgehead atoms. The van der Waals surface area contributed by atoms with Gasteiger partial charge in [-0.25, -0.2) is 4.79 Å². The van der Waals surface area contributed by atoms with E-state index in [0.29, 0.717) is 5.69 Å². The maximum Gasteiger partial charge on any atom is 0.418 e. The molecule has 0 spiro atoms. The van der Waals surface area contributed by atoms with Crippen molar-refractivity contribution in [2.45, 2.75) is 38.1 Å². The first-order chi connectivity index (χ1) is 10.0. The molecule has 2 heterocycles. The van der Waals surface area contributed by atoms with Gasteiger partial charge >= 0.3 is 12.2 Å². The van der Waals surface area contributed by atoms with Gasteiger partial charge in [0.2, 0.25) is 0 Å². The number of alkyl halides is 3. The van der Waals surface area contributed by atoms with Crippen LogP contribution in [0.2, 0.25) is 0 Å². The Hall–Kier alpha value is -1.83. The number of morpholine rings is 1. The maximum atomic E-state index is 13.2. The molecule has 2 amide bonds. The summed E-state index contributed by atoms with van der Waals surface area (Å²) in [6.45, 7) is 3.51. The minimum Gasteiger partial charge on any atom is -0.356 e. The SMILES string of the molecule is CC1(C)CN(C(=O)Nc2cccnc2)CC(C)(C(F)(F)F)O1. The number of nitrogens with zero attached hydrogens (tertiary/aromatic N) is 2. The molecule has 1 aromatic rings. The van der Waals surface area contributed by atoms with Gasteiger partial charge in [0.05, 0.1) is 30.6 Å². The van der Waals surface area contributed by atoms with Gasteiger partial charge in [-0.2, -0.15) is 13.2 Å². The molecule has 1 unspecified atom stereocenters. The average molecular weight is 317 g/mol. The van der Waals surface area contributed by atoms with Crippen molar-refractivity contribution < 1.29 is 22.7 Å². The summed E-state index contributed by atoms with van der Waals surface area (Å²) in [6.07, 6.45) is -1.61. The van der Waals surface area contributed by atoms with E-state index in [2.05, 4.69) is 10.3 Å². The van der Waals surface area contributed by atoms with Gasteiger partial charge in [0.15, 0.2) is 5.60 Å². The van der Waals surface area contributed by atoms with Gasteiger partial charge in [0.1, 0.15) is 0 Å². The predicted molar refractivity (Wildman–Crippen MR) is 74.5 cm³/mol. The Balaban J connectivity index is 2.18. The zero-order chi connectivity index (χ0) is 16.6. The molecule has 22 heavy (non-hydrogen) atoms. The van der Waals surface area contributed by atoms with Crippen molar-refractivity contribution in [1.29, 1.82) is 0 Å². The molecular formula is C14H18F3N3O2. The molecule has 1 N–H and O–H groups in total. The first kappa shape index (κ1) is 16.5. The summed E-state index contributed by atoms with van der Waals surface area (Å²) in [5.74, 6) is 0. The fraction of sp³-hybridized carbons (Fsp3) is 0.571. The van der Waals surface area contributed by atoms with Gasteiger partial charge < -0.3 is 15.0 Å². The molecule has 1 aromatic heterocycles.